The third kappa shape index (κ3) is 2.73. The minimum absolute atomic E-state index is 0.161. The van der Waals surface area contributed by atoms with E-state index in [1.807, 2.05) is 24.3 Å². The molecule has 0 aliphatic heterocycles. The molecule has 1 aromatic carbocycles. The van der Waals surface area contributed by atoms with Crippen LogP contribution >= 0.6 is 0 Å². The third-order valence-corrected chi connectivity index (χ3v) is 2.41. The van der Waals surface area contributed by atoms with Gasteiger partial charge in [-0.1, -0.05) is 36.9 Å². The summed E-state index contributed by atoms with van der Waals surface area (Å²) in [6.45, 7) is 4.27. The van der Waals surface area contributed by atoms with Gasteiger partial charge in [-0.25, -0.2) is 4.68 Å². The van der Waals surface area contributed by atoms with Crippen LogP contribution < -0.4 is 11.1 Å². The quantitative estimate of drug-likeness (QED) is 0.556. The molecule has 0 saturated heterocycles. The molecule has 0 atom stereocenters. The highest BCUT2D eigenvalue weighted by Gasteiger charge is 2.05. The highest BCUT2D eigenvalue weighted by Crippen LogP contribution is 2.09. The molecule has 2 rings (SSSR count). The molecule has 0 bridgehead atoms. The first-order valence-electron chi connectivity index (χ1n) is 5.39. The second-order valence-electron chi connectivity index (χ2n) is 3.73. The van der Waals surface area contributed by atoms with E-state index >= 15 is 0 Å². The number of aromatic nitrogens is 3. The van der Waals surface area contributed by atoms with E-state index in [4.69, 9.17) is 11.1 Å². The van der Waals surface area contributed by atoms with Crippen LogP contribution in [0.5, 0.6) is 0 Å². The van der Waals surface area contributed by atoms with Crippen LogP contribution in [0.1, 0.15) is 11.1 Å². The molecular weight excluding hydrogens is 228 g/mol. The second-order valence-corrected chi connectivity index (χ2v) is 3.73. The maximum absolute atomic E-state index is 7.17. The van der Waals surface area contributed by atoms with Gasteiger partial charge in [-0.15, -0.1) is 0 Å². The largest absolute Gasteiger partial charge is 0.370 e. The van der Waals surface area contributed by atoms with Gasteiger partial charge >= 0.3 is 0 Å². The normalized spacial score (nSPS) is 10.0. The zero-order chi connectivity index (χ0) is 13.0. The summed E-state index contributed by atoms with van der Waals surface area (Å²) in [7, 11) is 0. The summed E-state index contributed by atoms with van der Waals surface area (Å²) in [5, 5.41) is 13.9. The molecule has 6 nitrogen and oxygen atoms in total. The molecule has 0 spiro atoms. The van der Waals surface area contributed by atoms with E-state index in [9.17, 15) is 0 Å². The number of anilines is 1. The van der Waals surface area contributed by atoms with Gasteiger partial charge in [0.2, 0.25) is 5.95 Å². The van der Waals surface area contributed by atoms with Crippen molar-refractivity contribution in [2.45, 2.75) is 6.54 Å². The van der Waals surface area contributed by atoms with Crippen LogP contribution in [0.25, 0.3) is 6.08 Å². The van der Waals surface area contributed by atoms with Gasteiger partial charge in [-0.05, 0) is 11.1 Å². The molecular formula is C12H14N6. The van der Waals surface area contributed by atoms with Crippen molar-refractivity contribution in [3.63, 3.8) is 0 Å². The highest BCUT2D eigenvalue weighted by atomic mass is 15.4. The van der Waals surface area contributed by atoms with Crippen molar-refractivity contribution in [2.75, 3.05) is 5.32 Å². The van der Waals surface area contributed by atoms with Crippen molar-refractivity contribution in [1.29, 1.82) is 5.41 Å². The van der Waals surface area contributed by atoms with E-state index in [0.29, 0.717) is 12.5 Å². The van der Waals surface area contributed by atoms with E-state index in [1.54, 1.807) is 10.8 Å². The molecule has 0 aliphatic carbocycles. The van der Waals surface area contributed by atoms with E-state index in [2.05, 4.69) is 22.0 Å². The molecule has 0 radical (unpaired) electrons. The Morgan fingerprint density at radius 1 is 1.44 bits per heavy atom. The molecule has 0 fully saturated rings. The van der Waals surface area contributed by atoms with E-state index < -0.39 is 0 Å². The summed E-state index contributed by atoms with van der Waals surface area (Å²) >= 11 is 0. The number of nitrogens with two attached hydrogens (primary N) is 1. The summed E-state index contributed by atoms with van der Waals surface area (Å²) in [6, 6.07) is 7.96. The van der Waals surface area contributed by atoms with Crippen LogP contribution in [-0.2, 0) is 6.54 Å². The topological polar surface area (TPSA) is 92.6 Å². The first-order chi connectivity index (χ1) is 8.69. The first kappa shape index (κ1) is 11.8. The van der Waals surface area contributed by atoms with Crippen LogP contribution in [0.15, 0.2) is 37.2 Å². The smallest absolute Gasteiger partial charge is 0.228 e. The summed E-state index contributed by atoms with van der Waals surface area (Å²) in [6.07, 6.45) is 3.21. The summed E-state index contributed by atoms with van der Waals surface area (Å²) in [5.41, 5.74) is 7.41. The molecule has 4 N–H and O–H groups in total. The zero-order valence-corrected chi connectivity index (χ0v) is 9.80. The summed E-state index contributed by atoms with van der Waals surface area (Å²) < 4.78 is 1.64. The number of hydrogen-bond acceptors (Lipinski definition) is 3. The molecule has 0 amide bonds. The Labute approximate surface area is 105 Å². The number of rotatable bonds is 4. The van der Waals surface area contributed by atoms with Crippen molar-refractivity contribution >= 4 is 18.0 Å². The zero-order valence-electron chi connectivity index (χ0n) is 9.80. The number of nitrogens with one attached hydrogen (secondary N) is 2. The van der Waals surface area contributed by atoms with Gasteiger partial charge in [0.15, 0.2) is 5.96 Å². The molecule has 0 saturated carbocycles. The predicted molar refractivity (Wildman–Crippen MR) is 71.2 cm³/mol. The van der Waals surface area contributed by atoms with E-state index in [0.717, 1.165) is 11.1 Å². The average molecular weight is 242 g/mol. The van der Waals surface area contributed by atoms with Crippen LogP contribution in [0, 0.1) is 5.41 Å². The SMILES string of the molecule is C=Cc1ccc(Cn2ncnc2NC(=N)N)cc1. The number of benzene rings is 1. The van der Waals surface area contributed by atoms with Gasteiger partial charge in [0.1, 0.15) is 6.33 Å². The Bertz CT molecular complexity index is 554. The van der Waals surface area contributed by atoms with Crippen LogP contribution in [0.2, 0.25) is 0 Å². The Kier molecular flexibility index (Phi) is 3.38. The van der Waals surface area contributed by atoms with Gasteiger partial charge in [0.25, 0.3) is 0 Å². The van der Waals surface area contributed by atoms with E-state index in [1.165, 1.54) is 6.33 Å². The lowest BCUT2D eigenvalue weighted by atomic mass is 10.1. The maximum Gasteiger partial charge on any atom is 0.228 e. The van der Waals surface area contributed by atoms with Crippen LogP contribution in [0.3, 0.4) is 0 Å². The molecule has 0 unspecified atom stereocenters. The minimum atomic E-state index is -0.161. The molecule has 2 aromatic rings. The molecule has 0 aliphatic rings. The van der Waals surface area contributed by atoms with Crippen LogP contribution in [0.4, 0.5) is 5.95 Å². The Hall–Kier alpha value is -2.63. The lowest BCUT2D eigenvalue weighted by Gasteiger charge is -2.07. The van der Waals surface area contributed by atoms with Gasteiger partial charge in [-0.2, -0.15) is 10.1 Å². The van der Waals surface area contributed by atoms with Crippen LogP contribution in [-0.4, -0.2) is 20.7 Å². The summed E-state index contributed by atoms with van der Waals surface area (Å²) in [4.78, 5) is 3.99. The highest BCUT2D eigenvalue weighted by molar-refractivity contribution is 5.87. The van der Waals surface area contributed by atoms with Crippen molar-refractivity contribution in [2.24, 2.45) is 5.73 Å². The van der Waals surface area contributed by atoms with E-state index in [-0.39, 0.29) is 5.96 Å². The molecule has 1 aromatic heterocycles. The van der Waals surface area contributed by atoms with Crippen molar-refractivity contribution < 1.29 is 0 Å². The lowest BCUT2D eigenvalue weighted by molar-refractivity contribution is 0.695. The van der Waals surface area contributed by atoms with Crippen molar-refractivity contribution in [1.82, 2.24) is 14.8 Å². The third-order valence-electron chi connectivity index (χ3n) is 2.41. The Balaban J connectivity index is 2.15. The molecule has 1 heterocycles. The molecule has 92 valence electrons. The van der Waals surface area contributed by atoms with Crippen molar-refractivity contribution in [3.05, 3.63) is 48.3 Å². The number of hydrogen-bond donors (Lipinski definition) is 3. The van der Waals surface area contributed by atoms with Crippen molar-refractivity contribution in [3.8, 4) is 0 Å². The van der Waals surface area contributed by atoms with Gasteiger partial charge in [0, 0.05) is 0 Å². The maximum atomic E-state index is 7.17. The van der Waals surface area contributed by atoms with Gasteiger partial charge in [0.05, 0.1) is 6.54 Å². The Morgan fingerprint density at radius 3 is 2.78 bits per heavy atom. The van der Waals surface area contributed by atoms with Gasteiger partial charge in [-0.3, -0.25) is 10.7 Å². The minimum Gasteiger partial charge on any atom is -0.370 e. The Morgan fingerprint density at radius 2 is 2.17 bits per heavy atom. The standard InChI is InChI=1S/C12H14N6/c1-2-9-3-5-10(6-4-9)7-18-12(15-8-16-18)17-11(13)14/h2-6,8H,1,7H2,(H4,13,14,15,16,17). The number of guanidine groups is 1. The average Bonchev–Trinajstić information content (AvgIpc) is 2.77. The predicted octanol–water partition coefficient (Wildman–Crippen LogP) is 1.27. The second kappa shape index (κ2) is 5.13. The van der Waals surface area contributed by atoms with Gasteiger partial charge < -0.3 is 5.73 Å². The lowest BCUT2D eigenvalue weighted by Crippen LogP contribution is -2.23. The summed E-state index contributed by atoms with van der Waals surface area (Å²) in [5.74, 6) is 0.293. The monoisotopic (exact) mass is 242 g/mol. The molecule has 18 heavy (non-hydrogen) atoms. The fourth-order valence-corrected chi connectivity index (χ4v) is 1.53. The first-order valence-corrected chi connectivity index (χ1v) is 5.39. The fourth-order valence-electron chi connectivity index (χ4n) is 1.53. The number of nitrogens with zero attached hydrogens (tertiary/aromatic N) is 3. The molecule has 6 heteroatoms. The fraction of sp³-hybridized carbons (Fsp3) is 0.0833.